The highest BCUT2D eigenvalue weighted by Crippen LogP contribution is 2.24. The van der Waals surface area contributed by atoms with E-state index in [-0.39, 0.29) is 17.5 Å². The molecular formula is C41H58N2O10. The van der Waals surface area contributed by atoms with Crippen LogP contribution in [0.15, 0.2) is 48.5 Å². The zero-order valence-electron chi connectivity index (χ0n) is 33.6. The second kappa shape index (κ2) is 17.9. The lowest BCUT2D eigenvalue weighted by molar-refractivity contribution is -0.148. The molecule has 0 aliphatic rings. The Morgan fingerprint density at radius 3 is 1.21 bits per heavy atom. The van der Waals surface area contributed by atoms with E-state index < -0.39 is 71.5 Å². The van der Waals surface area contributed by atoms with Crippen molar-refractivity contribution < 1.29 is 47.7 Å². The minimum atomic E-state index is -1.03. The normalized spacial score (nSPS) is 13.8. The predicted molar refractivity (Wildman–Crippen MR) is 201 cm³/mol. The van der Waals surface area contributed by atoms with Crippen LogP contribution < -0.4 is 10.6 Å². The van der Waals surface area contributed by atoms with Gasteiger partial charge in [0, 0.05) is 11.1 Å². The van der Waals surface area contributed by atoms with E-state index in [1.165, 1.54) is 0 Å². The molecule has 0 aromatic heterocycles. The summed E-state index contributed by atoms with van der Waals surface area (Å²) in [5.74, 6) is -2.18. The molecule has 0 unspecified atom stereocenters. The van der Waals surface area contributed by atoms with E-state index in [2.05, 4.69) is 10.6 Å². The van der Waals surface area contributed by atoms with Gasteiger partial charge in [0.05, 0.1) is 0 Å². The molecule has 12 heteroatoms. The molecular weight excluding hydrogens is 680 g/mol. The number of carbonyl (C=O) groups is 6. The van der Waals surface area contributed by atoms with Gasteiger partial charge >= 0.3 is 24.1 Å². The van der Waals surface area contributed by atoms with Crippen molar-refractivity contribution in [3.8, 4) is 0 Å². The van der Waals surface area contributed by atoms with Crippen molar-refractivity contribution in [3.05, 3.63) is 70.8 Å². The van der Waals surface area contributed by atoms with Gasteiger partial charge in [0.25, 0.3) is 0 Å². The Balaban J connectivity index is 1.95. The van der Waals surface area contributed by atoms with E-state index in [4.69, 9.17) is 18.9 Å². The lowest BCUT2D eigenvalue weighted by Gasteiger charge is -2.30. The number of esters is 2. The molecule has 2 rings (SSSR count). The quantitative estimate of drug-likeness (QED) is 0.121. The molecule has 3 atom stereocenters. The van der Waals surface area contributed by atoms with Gasteiger partial charge < -0.3 is 29.6 Å². The number of ether oxygens (including phenoxy) is 4. The van der Waals surface area contributed by atoms with E-state index in [1.807, 2.05) is 31.2 Å². The maximum Gasteiger partial charge on any atom is 0.408 e. The van der Waals surface area contributed by atoms with Crippen LogP contribution in [0, 0.1) is 10.8 Å². The molecule has 0 spiro atoms. The molecule has 0 aliphatic carbocycles. The van der Waals surface area contributed by atoms with Crippen molar-refractivity contribution in [2.75, 3.05) is 13.2 Å². The molecule has 2 aromatic carbocycles. The summed E-state index contributed by atoms with van der Waals surface area (Å²) in [5, 5.41) is 5.11. The first-order chi connectivity index (χ1) is 24.2. The van der Waals surface area contributed by atoms with Crippen molar-refractivity contribution in [2.45, 2.75) is 126 Å². The Kier molecular flexibility index (Phi) is 15.0. The first kappa shape index (κ1) is 44.4. The number of amides is 2. The minimum Gasteiger partial charge on any atom is -0.456 e. The maximum absolute atomic E-state index is 12.9. The standard InChI is InChI=1S/C41H58N2O10/c1-25(27-18-20-29(21-19-27)31(45)24-51-35(47)33(39(5,6)7)43-37(49)53-41(11,12)13)22-26-14-16-28(17-15-26)30(44)23-50-34(46)32(38(2,3)4)42-36(48)52-40(8,9)10/h14-21,25,32-33H,22-24H2,1-13H3,(H,42,48)(H,43,49)/t25-,32+,33+/m0/s1. The molecule has 2 N–H and O–H groups in total. The third-order valence-electron chi connectivity index (χ3n) is 7.84. The number of Topliss-reactive ketones (excluding diaryl/α,β-unsaturated/α-hetero) is 2. The second-order valence-corrected chi connectivity index (χ2v) is 17.4. The molecule has 2 aromatic rings. The van der Waals surface area contributed by atoms with Crippen LogP contribution in [-0.4, -0.2) is 72.2 Å². The Morgan fingerprint density at radius 1 is 0.547 bits per heavy atom. The van der Waals surface area contributed by atoms with Gasteiger partial charge in [0.2, 0.25) is 0 Å². The van der Waals surface area contributed by atoms with Gasteiger partial charge in [0.15, 0.2) is 24.8 Å². The highest BCUT2D eigenvalue weighted by molar-refractivity contribution is 5.99. The third-order valence-corrected chi connectivity index (χ3v) is 7.84. The van der Waals surface area contributed by atoms with E-state index in [0.29, 0.717) is 17.5 Å². The average Bonchev–Trinajstić information content (AvgIpc) is 3.01. The number of ketones is 2. The van der Waals surface area contributed by atoms with Gasteiger partial charge in [-0.3, -0.25) is 9.59 Å². The summed E-state index contributed by atoms with van der Waals surface area (Å²) in [6.45, 7) is 22.0. The summed E-state index contributed by atoms with van der Waals surface area (Å²) in [6, 6.07) is 12.0. The van der Waals surface area contributed by atoms with Crippen LogP contribution in [-0.2, 0) is 35.0 Å². The second-order valence-electron chi connectivity index (χ2n) is 17.4. The number of carbonyl (C=O) groups excluding carboxylic acids is 6. The summed E-state index contributed by atoms with van der Waals surface area (Å²) in [5.41, 5.74) is -0.180. The number of alkyl carbamates (subject to hydrolysis) is 2. The van der Waals surface area contributed by atoms with Crippen LogP contribution in [0.4, 0.5) is 9.59 Å². The molecule has 292 valence electrons. The fourth-order valence-corrected chi connectivity index (χ4v) is 5.01. The zero-order chi connectivity index (χ0) is 40.5. The van der Waals surface area contributed by atoms with Crippen LogP contribution in [0.3, 0.4) is 0 Å². The van der Waals surface area contributed by atoms with Crippen LogP contribution in [0.5, 0.6) is 0 Å². The van der Waals surface area contributed by atoms with E-state index >= 15 is 0 Å². The van der Waals surface area contributed by atoms with Gasteiger partial charge in [-0.25, -0.2) is 19.2 Å². The molecule has 12 nitrogen and oxygen atoms in total. The van der Waals surface area contributed by atoms with E-state index in [1.54, 1.807) is 107 Å². The maximum atomic E-state index is 12.9. The van der Waals surface area contributed by atoms with Crippen molar-refractivity contribution in [3.63, 3.8) is 0 Å². The van der Waals surface area contributed by atoms with Gasteiger partial charge in [0.1, 0.15) is 23.3 Å². The SMILES string of the molecule is C[C@@H](Cc1ccc(C(=O)COC(=O)[C@@H](NC(=O)OC(C)(C)C)C(C)(C)C)cc1)c1ccc(C(=O)COC(=O)[C@@H](NC(=O)OC(C)(C)C)C(C)(C)C)cc1. The van der Waals surface area contributed by atoms with Crippen LogP contribution >= 0.6 is 0 Å². The molecule has 53 heavy (non-hydrogen) atoms. The van der Waals surface area contributed by atoms with Gasteiger partial charge in [-0.15, -0.1) is 0 Å². The average molecular weight is 739 g/mol. The number of benzene rings is 2. The summed E-state index contributed by atoms with van der Waals surface area (Å²) in [6.07, 6.45) is -0.860. The molecule has 0 saturated heterocycles. The summed E-state index contributed by atoms with van der Waals surface area (Å²) in [4.78, 5) is 76.1. The highest BCUT2D eigenvalue weighted by Gasteiger charge is 2.37. The largest absolute Gasteiger partial charge is 0.456 e. The van der Waals surface area contributed by atoms with Crippen molar-refractivity contribution in [1.29, 1.82) is 0 Å². The number of rotatable bonds is 13. The smallest absolute Gasteiger partial charge is 0.408 e. The molecule has 0 heterocycles. The predicted octanol–water partition coefficient (Wildman–Crippen LogP) is 7.36. The van der Waals surface area contributed by atoms with E-state index in [9.17, 15) is 28.8 Å². The van der Waals surface area contributed by atoms with Gasteiger partial charge in [-0.1, -0.05) is 97.0 Å². The zero-order valence-corrected chi connectivity index (χ0v) is 33.6. The monoisotopic (exact) mass is 738 g/mol. The molecule has 2 amide bonds. The molecule has 0 fully saturated rings. The first-order valence-corrected chi connectivity index (χ1v) is 17.7. The topological polar surface area (TPSA) is 163 Å². The molecule has 0 radical (unpaired) electrons. The minimum absolute atomic E-state index is 0.0674. The van der Waals surface area contributed by atoms with Crippen molar-refractivity contribution >= 4 is 35.7 Å². The fraction of sp³-hybridized carbons (Fsp3) is 0.561. The molecule has 0 bridgehead atoms. The molecule has 0 saturated carbocycles. The number of nitrogens with one attached hydrogen (secondary N) is 2. The molecule has 0 aliphatic heterocycles. The van der Waals surface area contributed by atoms with Gasteiger partial charge in [-0.05, 0) is 75.8 Å². The number of hydrogen-bond donors (Lipinski definition) is 2. The van der Waals surface area contributed by atoms with Crippen molar-refractivity contribution in [1.82, 2.24) is 10.6 Å². The Bertz CT molecular complexity index is 1600. The van der Waals surface area contributed by atoms with E-state index in [0.717, 1.165) is 11.1 Å². The summed E-state index contributed by atoms with van der Waals surface area (Å²) >= 11 is 0. The van der Waals surface area contributed by atoms with Gasteiger partial charge in [-0.2, -0.15) is 0 Å². The Labute approximate surface area is 314 Å². The van der Waals surface area contributed by atoms with Crippen LogP contribution in [0.2, 0.25) is 0 Å². The summed E-state index contributed by atoms with van der Waals surface area (Å²) < 4.78 is 21.2. The third kappa shape index (κ3) is 15.4. The van der Waals surface area contributed by atoms with Crippen LogP contribution in [0.25, 0.3) is 0 Å². The van der Waals surface area contributed by atoms with Crippen LogP contribution in [0.1, 0.15) is 128 Å². The lowest BCUT2D eigenvalue weighted by Crippen LogP contribution is -2.51. The highest BCUT2D eigenvalue weighted by atomic mass is 16.6. The Morgan fingerprint density at radius 2 is 0.887 bits per heavy atom. The lowest BCUT2D eigenvalue weighted by atomic mass is 9.87. The fourth-order valence-electron chi connectivity index (χ4n) is 5.01. The number of hydrogen-bond acceptors (Lipinski definition) is 10. The Hall–Kier alpha value is -4.74. The summed E-state index contributed by atoms with van der Waals surface area (Å²) in [7, 11) is 0. The first-order valence-electron chi connectivity index (χ1n) is 17.7. The van der Waals surface area contributed by atoms with Crippen molar-refractivity contribution in [2.24, 2.45) is 10.8 Å².